The molecular weight excluding hydrogens is 380 g/mol. The standard InChI is InChI=1S/C21H23ClN2O4/c1-26-14-21(25)24(12-15-4-3-5-18(10-15)27-2)13-19-11-20(23-28-19)16-6-8-17(22)9-7-16/h3-10,19H,11-14H2,1-2H3/t19-/m0/s1. The molecule has 28 heavy (non-hydrogen) atoms. The summed E-state index contributed by atoms with van der Waals surface area (Å²) in [7, 11) is 3.13. The van der Waals surface area contributed by atoms with Crippen molar-refractivity contribution in [3.8, 4) is 5.75 Å². The average Bonchev–Trinajstić information content (AvgIpc) is 3.17. The third kappa shape index (κ3) is 5.24. The molecule has 7 heteroatoms. The third-order valence-corrected chi connectivity index (χ3v) is 4.71. The van der Waals surface area contributed by atoms with E-state index in [0.29, 0.717) is 24.5 Å². The summed E-state index contributed by atoms with van der Waals surface area (Å²) in [5.41, 5.74) is 2.79. The Morgan fingerprint density at radius 1 is 1.25 bits per heavy atom. The van der Waals surface area contributed by atoms with E-state index < -0.39 is 0 Å². The van der Waals surface area contributed by atoms with Gasteiger partial charge in [0.2, 0.25) is 5.91 Å². The highest BCUT2D eigenvalue weighted by molar-refractivity contribution is 6.30. The minimum absolute atomic E-state index is 0.0155. The molecule has 1 aliphatic rings. The number of amides is 1. The van der Waals surface area contributed by atoms with E-state index in [2.05, 4.69) is 5.16 Å². The fraction of sp³-hybridized carbons (Fsp3) is 0.333. The minimum atomic E-state index is -0.211. The molecule has 0 saturated heterocycles. The molecular formula is C21H23ClN2O4. The summed E-state index contributed by atoms with van der Waals surface area (Å²) >= 11 is 5.94. The molecule has 1 atom stereocenters. The molecule has 0 fully saturated rings. The Kier molecular flexibility index (Phi) is 6.90. The van der Waals surface area contributed by atoms with Crippen LogP contribution in [0.4, 0.5) is 0 Å². The van der Waals surface area contributed by atoms with Crippen LogP contribution in [-0.2, 0) is 20.9 Å². The Hall–Kier alpha value is -2.57. The van der Waals surface area contributed by atoms with Crippen molar-refractivity contribution in [1.29, 1.82) is 0 Å². The fourth-order valence-corrected chi connectivity index (χ4v) is 3.17. The predicted molar refractivity (Wildman–Crippen MR) is 108 cm³/mol. The summed E-state index contributed by atoms with van der Waals surface area (Å²) < 4.78 is 10.3. The highest BCUT2D eigenvalue weighted by Gasteiger charge is 2.27. The maximum Gasteiger partial charge on any atom is 0.248 e. The zero-order valence-corrected chi connectivity index (χ0v) is 16.7. The number of hydrogen-bond donors (Lipinski definition) is 0. The molecule has 2 aromatic carbocycles. The number of carbonyl (C=O) groups excluding carboxylic acids is 1. The SMILES string of the molecule is COCC(=O)N(Cc1cccc(OC)c1)C[C@@H]1CC(c2ccc(Cl)cc2)=NO1. The number of ether oxygens (including phenoxy) is 2. The van der Waals surface area contributed by atoms with Crippen molar-refractivity contribution >= 4 is 23.2 Å². The Bertz CT molecular complexity index is 839. The average molecular weight is 403 g/mol. The van der Waals surface area contributed by atoms with Gasteiger partial charge >= 0.3 is 0 Å². The van der Waals surface area contributed by atoms with Gasteiger partial charge < -0.3 is 19.2 Å². The molecule has 6 nitrogen and oxygen atoms in total. The second-order valence-corrected chi connectivity index (χ2v) is 6.97. The molecule has 0 radical (unpaired) electrons. The summed E-state index contributed by atoms with van der Waals surface area (Å²) in [4.78, 5) is 19.9. The molecule has 0 bridgehead atoms. The second-order valence-electron chi connectivity index (χ2n) is 6.54. The van der Waals surface area contributed by atoms with E-state index in [9.17, 15) is 4.79 Å². The molecule has 0 saturated carbocycles. The van der Waals surface area contributed by atoms with E-state index in [0.717, 1.165) is 22.6 Å². The lowest BCUT2D eigenvalue weighted by Crippen LogP contribution is -2.39. The van der Waals surface area contributed by atoms with Crippen molar-refractivity contribution in [1.82, 2.24) is 4.90 Å². The van der Waals surface area contributed by atoms with Gasteiger partial charge in [-0.3, -0.25) is 4.79 Å². The Balaban J connectivity index is 1.66. The van der Waals surface area contributed by atoms with Crippen LogP contribution in [0.5, 0.6) is 5.75 Å². The van der Waals surface area contributed by atoms with Gasteiger partial charge in [0.25, 0.3) is 0 Å². The molecule has 0 N–H and O–H groups in total. The zero-order valence-electron chi connectivity index (χ0n) is 15.9. The summed E-state index contributed by atoms with van der Waals surface area (Å²) in [6.45, 7) is 0.872. The Morgan fingerprint density at radius 3 is 2.75 bits per heavy atom. The number of nitrogens with zero attached hydrogens (tertiary/aromatic N) is 2. The van der Waals surface area contributed by atoms with Crippen molar-refractivity contribution in [2.45, 2.75) is 19.1 Å². The monoisotopic (exact) mass is 402 g/mol. The van der Waals surface area contributed by atoms with E-state index in [-0.39, 0.29) is 18.6 Å². The van der Waals surface area contributed by atoms with Crippen molar-refractivity contribution in [2.75, 3.05) is 27.4 Å². The summed E-state index contributed by atoms with van der Waals surface area (Å²) in [5.74, 6) is 0.649. The van der Waals surface area contributed by atoms with Gasteiger partial charge in [0.05, 0.1) is 19.4 Å². The molecule has 1 aliphatic heterocycles. The first kappa shape index (κ1) is 20.2. The molecule has 0 aliphatic carbocycles. The highest BCUT2D eigenvalue weighted by atomic mass is 35.5. The first-order chi connectivity index (χ1) is 13.6. The van der Waals surface area contributed by atoms with Crippen molar-refractivity contribution in [3.63, 3.8) is 0 Å². The summed E-state index contributed by atoms with van der Waals surface area (Å²) in [5, 5.41) is 4.87. The van der Waals surface area contributed by atoms with Crippen molar-refractivity contribution < 1.29 is 19.1 Å². The lowest BCUT2D eigenvalue weighted by Gasteiger charge is -2.25. The van der Waals surface area contributed by atoms with E-state index in [1.807, 2.05) is 48.5 Å². The van der Waals surface area contributed by atoms with Gasteiger partial charge in [0.15, 0.2) is 6.10 Å². The molecule has 1 heterocycles. The summed E-state index contributed by atoms with van der Waals surface area (Å²) in [6, 6.07) is 15.1. The number of benzene rings is 2. The summed E-state index contributed by atoms with van der Waals surface area (Å²) in [6.07, 6.45) is 0.411. The Labute approximate surface area is 169 Å². The van der Waals surface area contributed by atoms with E-state index in [1.165, 1.54) is 7.11 Å². The van der Waals surface area contributed by atoms with Crippen molar-refractivity contribution in [3.05, 3.63) is 64.7 Å². The van der Waals surface area contributed by atoms with Crippen LogP contribution < -0.4 is 4.74 Å². The molecule has 0 unspecified atom stereocenters. The van der Waals surface area contributed by atoms with E-state index >= 15 is 0 Å². The van der Waals surface area contributed by atoms with E-state index in [1.54, 1.807) is 12.0 Å². The van der Waals surface area contributed by atoms with Gasteiger partial charge in [-0.1, -0.05) is 41.0 Å². The van der Waals surface area contributed by atoms with Gasteiger partial charge in [-0.05, 0) is 35.4 Å². The van der Waals surface area contributed by atoms with Crippen LogP contribution in [0, 0.1) is 0 Å². The Morgan fingerprint density at radius 2 is 2.04 bits per heavy atom. The van der Waals surface area contributed by atoms with Crippen LogP contribution in [0.3, 0.4) is 0 Å². The number of carbonyl (C=O) groups is 1. The number of rotatable bonds is 8. The molecule has 3 rings (SSSR count). The first-order valence-corrected chi connectivity index (χ1v) is 9.35. The van der Waals surface area contributed by atoms with Gasteiger partial charge in [0.1, 0.15) is 12.4 Å². The maximum absolute atomic E-state index is 12.5. The largest absolute Gasteiger partial charge is 0.497 e. The van der Waals surface area contributed by atoms with Crippen LogP contribution in [0.25, 0.3) is 0 Å². The molecule has 0 spiro atoms. The van der Waals surface area contributed by atoms with Gasteiger partial charge in [-0.25, -0.2) is 0 Å². The van der Waals surface area contributed by atoms with Crippen LogP contribution in [-0.4, -0.2) is 50.0 Å². The fourth-order valence-electron chi connectivity index (χ4n) is 3.05. The normalized spacial score (nSPS) is 15.7. The van der Waals surface area contributed by atoms with Crippen LogP contribution in [0.1, 0.15) is 17.5 Å². The van der Waals surface area contributed by atoms with E-state index in [4.69, 9.17) is 25.9 Å². The number of methoxy groups -OCH3 is 2. The van der Waals surface area contributed by atoms with Gasteiger partial charge in [-0.2, -0.15) is 0 Å². The van der Waals surface area contributed by atoms with Gasteiger partial charge in [-0.15, -0.1) is 0 Å². The highest BCUT2D eigenvalue weighted by Crippen LogP contribution is 2.21. The first-order valence-electron chi connectivity index (χ1n) is 8.97. The van der Waals surface area contributed by atoms with Crippen LogP contribution >= 0.6 is 11.6 Å². The zero-order chi connectivity index (χ0) is 19.9. The number of halogens is 1. The maximum atomic E-state index is 12.5. The van der Waals surface area contributed by atoms with Crippen LogP contribution in [0.15, 0.2) is 53.7 Å². The quantitative estimate of drug-likeness (QED) is 0.677. The lowest BCUT2D eigenvalue weighted by molar-refractivity contribution is -0.137. The predicted octanol–water partition coefficient (Wildman–Crippen LogP) is 3.52. The minimum Gasteiger partial charge on any atom is -0.497 e. The molecule has 2 aromatic rings. The molecule has 1 amide bonds. The van der Waals surface area contributed by atoms with Gasteiger partial charge in [0, 0.05) is 25.1 Å². The van der Waals surface area contributed by atoms with Crippen molar-refractivity contribution in [2.24, 2.45) is 5.16 Å². The lowest BCUT2D eigenvalue weighted by atomic mass is 10.0. The molecule has 0 aromatic heterocycles. The topological polar surface area (TPSA) is 60.4 Å². The third-order valence-electron chi connectivity index (χ3n) is 4.46. The molecule has 148 valence electrons. The number of hydrogen-bond acceptors (Lipinski definition) is 5. The number of oxime groups is 1. The second kappa shape index (κ2) is 9.57. The van der Waals surface area contributed by atoms with Crippen LogP contribution in [0.2, 0.25) is 5.02 Å². The smallest absolute Gasteiger partial charge is 0.248 e.